The number of carbonyl (C=O) groups is 2. The van der Waals surface area contributed by atoms with Crippen molar-refractivity contribution < 1.29 is 15.3 Å². The molecular weight excluding hydrogens is 296 g/mol. The summed E-state index contributed by atoms with van der Waals surface area (Å²) in [6.07, 6.45) is 0.277. The minimum absolute atomic E-state index is 0.0186. The van der Waals surface area contributed by atoms with Crippen molar-refractivity contribution in [2.45, 2.75) is 19.4 Å². The van der Waals surface area contributed by atoms with Gasteiger partial charge in [-0.1, -0.05) is 54.2 Å². The first-order valence-corrected chi connectivity index (χ1v) is 8.32. The second-order valence-electron chi connectivity index (χ2n) is 5.13. The summed E-state index contributed by atoms with van der Waals surface area (Å²) in [7, 11) is 0. The number of nitrogens with one attached hydrogen (secondary N) is 1. The highest BCUT2D eigenvalue weighted by atomic mass is 32.2. The second-order valence-corrected chi connectivity index (χ2v) is 6.22. The van der Waals surface area contributed by atoms with Crippen LogP contribution in [0.4, 0.5) is 0 Å². The van der Waals surface area contributed by atoms with E-state index in [1.165, 1.54) is 11.8 Å². The Labute approximate surface area is 134 Å². The summed E-state index contributed by atoms with van der Waals surface area (Å²) in [4.78, 5) is 24.0. The summed E-state index contributed by atoms with van der Waals surface area (Å²) >= 11 is 1.22. The maximum atomic E-state index is 12.2. The molecule has 1 amide bonds. The zero-order chi connectivity index (χ0) is 15.9. The van der Waals surface area contributed by atoms with E-state index in [0.717, 1.165) is 16.3 Å². The predicted octanol–water partition coefficient (Wildman–Crippen LogP) is 1.39. The summed E-state index contributed by atoms with van der Waals surface area (Å²) in [6, 6.07) is 13.4. The van der Waals surface area contributed by atoms with Gasteiger partial charge in [-0.3, -0.25) is 9.59 Å². The molecule has 116 valence electrons. The summed E-state index contributed by atoms with van der Waals surface area (Å²) in [6.45, 7) is 2.42. The highest BCUT2D eigenvalue weighted by molar-refractivity contribution is 8.13. The van der Waals surface area contributed by atoms with Gasteiger partial charge in [-0.2, -0.15) is 0 Å². The van der Waals surface area contributed by atoms with Crippen molar-refractivity contribution in [1.82, 2.24) is 5.32 Å². The third-order valence-corrected chi connectivity index (χ3v) is 4.48. The maximum absolute atomic E-state index is 12.2. The lowest BCUT2D eigenvalue weighted by Gasteiger charge is -2.13. The Morgan fingerprint density at radius 1 is 1.18 bits per heavy atom. The molecule has 2 aromatic carbocycles. The number of thioether (sulfide) groups is 1. The summed E-state index contributed by atoms with van der Waals surface area (Å²) in [5, 5.41) is 4.94. The van der Waals surface area contributed by atoms with Crippen molar-refractivity contribution in [3.8, 4) is 0 Å². The quantitative estimate of drug-likeness (QED) is 0.845. The number of hydrogen-bond acceptors (Lipinski definition) is 3. The van der Waals surface area contributed by atoms with Crippen LogP contribution in [-0.4, -0.2) is 29.4 Å². The number of rotatable bonds is 6. The molecule has 22 heavy (non-hydrogen) atoms. The lowest BCUT2D eigenvalue weighted by Crippen LogP contribution is -2.51. The van der Waals surface area contributed by atoms with E-state index in [1.54, 1.807) is 6.92 Å². The fourth-order valence-electron chi connectivity index (χ4n) is 2.27. The first kappa shape index (κ1) is 16.5. The SMILES string of the molecule is C[C@H](NC(=O)Cc1cccc2ccccc12)C(=O)SCC[NH3+]. The largest absolute Gasteiger partial charge is 0.357 e. The number of hydrogen-bond donors (Lipinski definition) is 2. The highest BCUT2D eigenvalue weighted by Gasteiger charge is 2.16. The zero-order valence-electron chi connectivity index (χ0n) is 12.7. The topological polar surface area (TPSA) is 73.8 Å². The maximum Gasteiger partial charge on any atom is 0.225 e. The van der Waals surface area contributed by atoms with Crippen molar-refractivity contribution in [3.05, 3.63) is 48.0 Å². The average Bonchev–Trinajstić information content (AvgIpc) is 2.52. The Bertz CT molecular complexity index is 667. The summed E-state index contributed by atoms with van der Waals surface area (Å²) < 4.78 is 0. The van der Waals surface area contributed by atoms with Crippen molar-refractivity contribution in [3.63, 3.8) is 0 Å². The van der Waals surface area contributed by atoms with Gasteiger partial charge in [0.05, 0.1) is 24.8 Å². The monoisotopic (exact) mass is 317 g/mol. The van der Waals surface area contributed by atoms with E-state index in [0.29, 0.717) is 12.3 Å². The predicted molar refractivity (Wildman–Crippen MR) is 90.5 cm³/mol. The van der Waals surface area contributed by atoms with Gasteiger partial charge >= 0.3 is 0 Å². The van der Waals surface area contributed by atoms with E-state index in [9.17, 15) is 9.59 Å². The molecule has 2 rings (SSSR count). The number of amides is 1. The molecule has 0 heterocycles. The molecule has 0 aliphatic heterocycles. The Morgan fingerprint density at radius 3 is 2.68 bits per heavy atom. The van der Waals surface area contributed by atoms with Gasteiger partial charge in [0.2, 0.25) is 11.0 Å². The molecular formula is C17H21N2O2S+. The van der Waals surface area contributed by atoms with Crippen LogP contribution >= 0.6 is 11.8 Å². The van der Waals surface area contributed by atoms with Crippen molar-refractivity contribution >= 4 is 33.6 Å². The Kier molecular flexibility index (Phi) is 5.98. The van der Waals surface area contributed by atoms with E-state index in [2.05, 4.69) is 11.1 Å². The van der Waals surface area contributed by atoms with Gasteiger partial charge in [0.15, 0.2) is 0 Å². The normalized spacial score (nSPS) is 12.1. The molecule has 0 spiro atoms. The zero-order valence-corrected chi connectivity index (χ0v) is 13.5. The molecule has 1 atom stereocenters. The molecule has 0 aliphatic carbocycles. The van der Waals surface area contributed by atoms with Crippen molar-refractivity contribution in [2.75, 3.05) is 12.3 Å². The van der Waals surface area contributed by atoms with E-state index in [1.807, 2.05) is 42.5 Å². The summed E-state index contributed by atoms with van der Waals surface area (Å²) in [5.74, 6) is 0.551. The second kappa shape index (κ2) is 7.96. The van der Waals surface area contributed by atoms with Crippen LogP contribution < -0.4 is 11.1 Å². The Morgan fingerprint density at radius 2 is 1.91 bits per heavy atom. The van der Waals surface area contributed by atoms with E-state index in [-0.39, 0.29) is 17.4 Å². The number of carbonyl (C=O) groups excluding carboxylic acids is 2. The Balaban J connectivity index is 2.00. The molecule has 0 saturated carbocycles. The molecule has 5 heteroatoms. The fourth-order valence-corrected chi connectivity index (χ4v) is 2.92. The Hall–Kier alpha value is -1.85. The minimum Gasteiger partial charge on any atom is -0.357 e. The minimum atomic E-state index is -0.473. The van der Waals surface area contributed by atoms with Crippen LogP contribution in [0.3, 0.4) is 0 Å². The number of benzene rings is 2. The standard InChI is InChI=1S/C17H20N2O2S/c1-12(17(21)22-10-9-18)19-16(20)11-14-7-4-6-13-5-2-3-8-15(13)14/h2-8,12H,9-11,18H2,1H3,(H,19,20)/p+1/t12-/m0/s1. The molecule has 0 unspecified atom stereocenters. The van der Waals surface area contributed by atoms with Crippen LogP contribution in [0, 0.1) is 0 Å². The molecule has 0 aliphatic rings. The van der Waals surface area contributed by atoms with Crippen molar-refractivity contribution in [2.24, 2.45) is 0 Å². The molecule has 0 aromatic heterocycles. The molecule has 2 aromatic rings. The van der Waals surface area contributed by atoms with Crippen LogP contribution in [-0.2, 0) is 16.0 Å². The summed E-state index contributed by atoms with van der Waals surface area (Å²) in [5.41, 5.74) is 4.68. The van der Waals surface area contributed by atoms with Gasteiger partial charge in [-0.05, 0) is 23.3 Å². The lowest BCUT2D eigenvalue weighted by atomic mass is 10.0. The van der Waals surface area contributed by atoms with E-state index < -0.39 is 6.04 Å². The van der Waals surface area contributed by atoms with Gasteiger partial charge in [-0.15, -0.1) is 0 Å². The smallest absolute Gasteiger partial charge is 0.225 e. The molecule has 4 nitrogen and oxygen atoms in total. The van der Waals surface area contributed by atoms with Crippen LogP contribution in [0.5, 0.6) is 0 Å². The average molecular weight is 317 g/mol. The number of fused-ring (bicyclic) bond motifs is 1. The molecule has 4 N–H and O–H groups in total. The van der Waals surface area contributed by atoms with Gasteiger partial charge in [0.25, 0.3) is 0 Å². The van der Waals surface area contributed by atoms with Gasteiger partial charge < -0.3 is 11.1 Å². The van der Waals surface area contributed by atoms with Gasteiger partial charge in [0.1, 0.15) is 0 Å². The van der Waals surface area contributed by atoms with Gasteiger partial charge in [-0.25, -0.2) is 0 Å². The van der Waals surface area contributed by atoms with E-state index in [4.69, 9.17) is 0 Å². The first-order chi connectivity index (χ1) is 10.6. The van der Waals surface area contributed by atoms with Crippen LogP contribution in [0.2, 0.25) is 0 Å². The van der Waals surface area contributed by atoms with Crippen LogP contribution in [0.15, 0.2) is 42.5 Å². The number of quaternary nitrogens is 1. The third-order valence-electron chi connectivity index (χ3n) is 3.35. The van der Waals surface area contributed by atoms with Crippen LogP contribution in [0.1, 0.15) is 12.5 Å². The van der Waals surface area contributed by atoms with E-state index >= 15 is 0 Å². The van der Waals surface area contributed by atoms with Gasteiger partial charge in [0, 0.05) is 0 Å². The van der Waals surface area contributed by atoms with Crippen LogP contribution in [0.25, 0.3) is 10.8 Å². The molecule has 0 fully saturated rings. The lowest BCUT2D eigenvalue weighted by molar-refractivity contribution is -0.360. The first-order valence-electron chi connectivity index (χ1n) is 7.33. The highest BCUT2D eigenvalue weighted by Crippen LogP contribution is 2.19. The molecule has 0 bridgehead atoms. The van der Waals surface area contributed by atoms with Crippen molar-refractivity contribution in [1.29, 1.82) is 0 Å². The molecule has 0 saturated heterocycles. The molecule has 0 radical (unpaired) electrons. The third kappa shape index (κ3) is 4.32. The fraction of sp³-hybridized carbons (Fsp3) is 0.294.